The Labute approximate surface area is 125 Å². The number of hydrogen-bond acceptors (Lipinski definition) is 2. The number of halogens is 1. The lowest BCUT2D eigenvalue weighted by molar-refractivity contribution is 0.133. The van der Waals surface area contributed by atoms with E-state index in [1.807, 2.05) is 0 Å². The van der Waals surface area contributed by atoms with Gasteiger partial charge in [0.2, 0.25) is 0 Å². The summed E-state index contributed by atoms with van der Waals surface area (Å²) in [5.74, 6) is 0. The highest BCUT2D eigenvalue weighted by Gasteiger charge is 2.23. The van der Waals surface area contributed by atoms with E-state index in [1.54, 1.807) is 0 Å². The molecule has 1 saturated heterocycles. The largest absolute Gasteiger partial charge is 0.295 e. The van der Waals surface area contributed by atoms with Crippen molar-refractivity contribution in [3.8, 4) is 0 Å². The first-order valence-electron chi connectivity index (χ1n) is 7.64. The van der Waals surface area contributed by atoms with Crippen LogP contribution in [0.15, 0.2) is 6.07 Å². The van der Waals surface area contributed by atoms with Crippen LogP contribution in [0.3, 0.4) is 0 Å². The van der Waals surface area contributed by atoms with Gasteiger partial charge in [-0.2, -0.15) is 5.10 Å². The van der Waals surface area contributed by atoms with Gasteiger partial charge in [0.15, 0.2) is 0 Å². The average molecular weight is 328 g/mol. The van der Waals surface area contributed by atoms with Crippen molar-refractivity contribution in [2.75, 3.05) is 11.9 Å². The fourth-order valence-electron chi connectivity index (χ4n) is 3.02. The Bertz CT molecular complexity index is 387. The maximum atomic E-state index is 4.66. The van der Waals surface area contributed by atoms with Gasteiger partial charge in [-0.25, -0.2) is 0 Å². The molecule has 4 heteroatoms. The molecule has 1 aliphatic rings. The van der Waals surface area contributed by atoms with Gasteiger partial charge in [0.25, 0.3) is 0 Å². The first-order chi connectivity index (χ1) is 9.28. The highest BCUT2D eigenvalue weighted by molar-refractivity contribution is 9.09. The monoisotopic (exact) mass is 327 g/mol. The molecule has 0 aromatic carbocycles. The molecule has 0 saturated carbocycles. The fourth-order valence-corrected chi connectivity index (χ4v) is 3.55. The Hall–Kier alpha value is -0.350. The van der Waals surface area contributed by atoms with Crippen LogP contribution in [0.5, 0.6) is 0 Å². The minimum absolute atomic E-state index is 0.749. The number of aromatic nitrogens is 2. The van der Waals surface area contributed by atoms with Gasteiger partial charge in [0.05, 0.1) is 11.4 Å². The molecule has 1 aromatic heterocycles. The summed E-state index contributed by atoms with van der Waals surface area (Å²) >= 11 is 3.60. The maximum absolute atomic E-state index is 4.66. The Morgan fingerprint density at radius 1 is 1.37 bits per heavy atom. The van der Waals surface area contributed by atoms with E-state index < -0.39 is 0 Å². The second kappa shape index (κ2) is 7.44. The number of piperidine rings is 1. The molecule has 0 bridgehead atoms. The zero-order valence-electron chi connectivity index (χ0n) is 12.2. The van der Waals surface area contributed by atoms with Crippen molar-refractivity contribution < 1.29 is 0 Å². The van der Waals surface area contributed by atoms with Crippen LogP contribution >= 0.6 is 15.9 Å². The van der Waals surface area contributed by atoms with Crippen molar-refractivity contribution in [3.05, 3.63) is 17.5 Å². The summed E-state index contributed by atoms with van der Waals surface area (Å²) in [5.41, 5.74) is 2.62. The van der Waals surface area contributed by atoms with E-state index in [2.05, 4.69) is 50.5 Å². The lowest BCUT2D eigenvalue weighted by Gasteiger charge is -2.35. The van der Waals surface area contributed by atoms with Gasteiger partial charge in [0.1, 0.15) is 0 Å². The molecule has 1 aliphatic heterocycles. The van der Waals surface area contributed by atoms with E-state index in [-0.39, 0.29) is 0 Å². The molecule has 0 amide bonds. The lowest BCUT2D eigenvalue weighted by Crippen LogP contribution is -2.39. The predicted octanol–water partition coefficient (Wildman–Crippen LogP) is 3.60. The van der Waals surface area contributed by atoms with E-state index >= 15 is 0 Å². The first-order valence-corrected chi connectivity index (χ1v) is 8.76. The quantitative estimate of drug-likeness (QED) is 0.744. The third-order valence-electron chi connectivity index (χ3n) is 4.13. The molecule has 3 nitrogen and oxygen atoms in total. The fraction of sp³-hybridized carbons (Fsp3) is 0.800. The van der Waals surface area contributed by atoms with Gasteiger partial charge >= 0.3 is 0 Å². The van der Waals surface area contributed by atoms with Crippen molar-refractivity contribution in [2.24, 2.45) is 0 Å². The summed E-state index contributed by atoms with van der Waals surface area (Å²) in [6, 6.07) is 3.04. The molecule has 0 N–H and O–H groups in total. The third-order valence-corrected chi connectivity index (χ3v) is 4.59. The van der Waals surface area contributed by atoms with Crippen LogP contribution in [0.2, 0.25) is 0 Å². The molecular weight excluding hydrogens is 302 g/mol. The number of rotatable bonds is 6. The minimum atomic E-state index is 0.749. The van der Waals surface area contributed by atoms with Crippen molar-refractivity contribution in [2.45, 2.75) is 65.1 Å². The van der Waals surface area contributed by atoms with Crippen LogP contribution in [-0.2, 0) is 19.5 Å². The molecule has 0 aliphatic carbocycles. The van der Waals surface area contributed by atoms with Gasteiger partial charge in [-0.3, -0.25) is 9.58 Å². The molecule has 2 heterocycles. The lowest BCUT2D eigenvalue weighted by atomic mass is 10.00. The van der Waals surface area contributed by atoms with E-state index in [9.17, 15) is 0 Å². The second-order valence-electron chi connectivity index (χ2n) is 5.39. The van der Waals surface area contributed by atoms with E-state index in [0.29, 0.717) is 0 Å². The number of likely N-dealkylation sites (tertiary alicyclic amines) is 1. The average Bonchev–Trinajstić information content (AvgIpc) is 2.83. The standard InChI is InChI=1S/C15H26BrN3/c1-3-13-11-15(19(4-2)17-13)12-18-10-6-5-7-14(18)8-9-16/h11,14H,3-10,12H2,1-2H3. The van der Waals surface area contributed by atoms with Gasteiger partial charge in [-0.1, -0.05) is 29.3 Å². The Morgan fingerprint density at radius 2 is 2.21 bits per heavy atom. The van der Waals surface area contributed by atoms with Crippen molar-refractivity contribution in [1.82, 2.24) is 14.7 Å². The summed E-state index contributed by atoms with van der Waals surface area (Å²) in [4.78, 5) is 2.66. The van der Waals surface area contributed by atoms with Crippen molar-refractivity contribution in [1.29, 1.82) is 0 Å². The zero-order chi connectivity index (χ0) is 13.7. The summed E-state index contributed by atoms with van der Waals surface area (Å²) < 4.78 is 2.18. The summed E-state index contributed by atoms with van der Waals surface area (Å²) in [5, 5.41) is 5.78. The Kier molecular flexibility index (Phi) is 5.89. The normalized spacial score (nSPS) is 20.9. The van der Waals surface area contributed by atoms with Crippen LogP contribution < -0.4 is 0 Å². The molecule has 1 aromatic rings. The van der Waals surface area contributed by atoms with Crippen LogP contribution in [-0.4, -0.2) is 32.6 Å². The van der Waals surface area contributed by atoms with Gasteiger partial charge in [-0.05, 0) is 45.2 Å². The first kappa shape index (κ1) is 15.0. The SMILES string of the molecule is CCc1cc(CN2CCCCC2CCBr)n(CC)n1. The van der Waals surface area contributed by atoms with Crippen LogP contribution in [0.4, 0.5) is 0 Å². The third kappa shape index (κ3) is 3.82. The molecule has 1 unspecified atom stereocenters. The predicted molar refractivity (Wildman–Crippen MR) is 83.7 cm³/mol. The highest BCUT2D eigenvalue weighted by atomic mass is 79.9. The molecule has 1 fully saturated rings. The van der Waals surface area contributed by atoms with Crippen LogP contribution in [0.25, 0.3) is 0 Å². The summed E-state index contributed by atoms with van der Waals surface area (Å²) in [6.45, 7) is 7.65. The second-order valence-corrected chi connectivity index (χ2v) is 6.19. The van der Waals surface area contributed by atoms with Gasteiger partial charge in [-0.15, -0.1) is 0 Å². The van der Waals surface area contributed by atoms with Crippen LogP contribution in [0.1, 0.15) is 50.9 Å². The number of nitrogens with zero attached hydrogens (tertiary/aromatic N) is 3. The summed E-state index contributed by atoms with van der Waals surface area (Å²) in [6.07, 6.45) is 6.39. The minimum Gasteiger partial charge on any atom is -0.295 e. The highest BCUT2D eigenvalue weighted by Crippen LogP contribution is 2.23. The molecule has 0 radical (unpaired) electrons. The van der Waals surface area contributed by atoms with Gasteiger partial charge < -0.3 is 0 Å². The molecule has 0 spiro atoms. The van der Waals surface area contributed by atoms with Crippen molar-refractivity contribution >= 4 is 15.9 Å². The Balaban J connectivity index is 2.07. The number of aryl methyl sites for hydroxylation is 2. The topological polar surface area (TPSA) is 21.1 Å². The maximum Gasteiger partial charge on any atom is 0.0625 e. The van der Waals surface area contributed by atoms with Crippen LogP contribution in [0, 0.1) is 0 Å². The molecular formula is C15H26BrN3. The summed E-state index contributed by atoms with van der Waals surface area (Å²) in [7, 11) is 0. The van der Waals surface area contributed by atoms with Gasteiger partial charge in [0, 0.05) is 24.5 Å². The van der Waals surface area contributed by atoms with E-state index in [1.165, 1.54) is 43.6 Å². The van der Waals surface area contributed by atoms with E-state index in [0.717, 1.165) is 30.9 Å². The zero-order valence-corrected chi connectivity index (χ0v) is 13.8. The van der Waals surface area contributed by atoms with Crippen molar-refractivity contribution in [3.63, 3.8) is 0 Å². The Morgan fingerprint density at radius 3 is 2.89 bits per heavy atom. The number of hydrogen-bond donors (Lipinski definition) is 0. The molecule has 2 rings (SSSR count). The number of alkyl halides is 1. The smallest absolute Gasteiger partial charge is 0.0625 e. The van der Waals surface area contributed by atoms with E-state index in [4.69, 9.17) is 0 Å². The molecule has 19 heavy (non-hydrogen) atoms. The molecule has 1 atom stereocenters. The molecule has 108 valence electrons.